The fourth-order valence-corrected chi connectivity index (χ4v) is 2.29. The Balaban J connectivity index is 2.00. The van der Waals surface area contributed by atoms with Gasteiger partial charge < -0.3 is 5.11 Å². The number of aliphatic hydroxyl groups excluding tert-OH is 1. The summed E-state index contributed by atoms with van der Waals surface area (Å²) in [6.07, 6.45) is 1.32. The van der Waals surface area contributed by atoms with E-state index in [1.165, 1.54) is 11.1 Å². The van der Waals surface area contributed by atoms with E-state index in [0.29, 0.717) is 0 Å². The van der Waals surface area contributed by atoms with Crippen LogP contribution in [0.3, 0.4) is 0 Å². The van der Waals surface area contributed by atoms with Gasteiger partial charge in [-0.25, -0.2) is 0 Å². The first-order valence-electron chi connectivity index (χ1n) is 6.46. The molecule has 0 heterocycles. The fourth-order valence-electron chi connectivity index (χ4n) is 2.29. The normalized spacial score (nSPS) is 12.4. The predicted molar refractivity (Wildman–Crippen MR) is 75.6 cm³/mol. The van der Waals surface area contributed by atoms with Gasteiger partial charge in [-0.2, -0.15) is 0 Å². The molecule has 0 saturated carbocycles. The Hall–Kier alpha value is -1.60. The second kappa shape index (κ2) is 5.83. The van der Waals surface area contributed by atoms with Crippen molar-refractivity contribution in [3.8, 4) is 0 Å². The van der Waals surface area contributed by atoms with Crippen LogP contribution in [-0.4, -0.2) is 5.11 Å². The van der Waals surface area contributed by atoms with E-state index in [1.54, 1.807) is 0 Å². The van der Waals surface area contributed by atoms with Crippen molar-refractivity contribution in [2.24, 2.45) is 0 Å². The maximum absolute atomic E-state index is 10.2. The molecule has 0 aliphatic carbocycles. The zero-order valence-electron chi connectivity index (χ0n) is 11.1. The summed E-state index contributed by atoms with van der Waals surface area (Å²) in [6, 6.07) is 16.5. The Labute approximate surface area is 109 Å². The van der Waals surface area contributed by atoms with Crippen LogP contribution in [0.5, 0.6) is 0 Å². The van der Waals surface area contributed by atoms with Gasteiger partial charge in [-0.1, -0.05) is 54.1 Å². The van der Waals surface area contributed by atoms with Crippen LogP contribution in [-0.2, 0) is 6.42 Å². The van der Waals surface area contributed by atoms with E-state index < -0.39 is 0 Å². The van der Waals surface area contributed by atoms with Crippen LogP contribution in [0, 0.1) is 13.8 Å². The quantitative estimate of drug-likeness (QED) is 0.857. The Morgan fingerprint density at radius 1 is 1.00 bits per heavy atom. The van der Waals surface area contributed by atoms with Crippen molar-refractivity contribution in [1.82, 2.24) is 0 Å². The van der Waals surface area contributed by atoms with E-state index in [9.17, 15) is 5.11 Å². The summed E-state index contributed by atoms with van der Waals surface area (Å²) in [7, 11) is 0. The Morgan fingerprint density at radius 3 is 2.50 bits per heavy atom. The second-order valence-electron chi connectivity index (χ2n) is 4.90. The number of hydrogen-bond acceptors (Lipinski definition) is 1. The third-order valence-electron chi connectivity index (χ3n) is 3.34. The highest BCUT2D eigenvalue weighted by molar-refractivity contribution is 5.28. The monoisotopic (exact) mass is 240 g/mol. The van der Waals surface area contributed by atoms with Crippen molar-refractivity contribution in [2.75, 3.05) is 0 Å². The second-order valence-corrected chi connectivity index (χ2v) is 4.90. The maximum atomic E-state index is 10.2. The lowest BCUT2D eigenvalue weighted by Crippen LogP contribution is -2.01. The van der Waals surface area contributed by atoms with Crippen LogP contribution in [0.2, 0.25) is 0 Å². The van der Waals surface area contributed by atoms with E-state index in [-0.39, 0.29) is 6.10 Å². The minimum Gasteiger partial charge on any atom is -0.388 e. The summed E-state index contributed by atoms with van der Waals surface area (Å²) in [4.78, 5) is 0. The Bertz CT molecular complexity index is 517. The van der Waals surface area contributed by atoms with Crippen molar-refractivity contribution in [3.05, 3.63) is 70.8 Å². The predicted octanol–water partition coefficient (Wildman–Crippen LogP) is 3.97. The van der Waals surface area contributed by atoms with Gasteiger partial charge in [0.1, 0.15) is 0 Å². The van der Waals surface area contributed by atoms with Gasteiger partial charge in [0.2, 0.25) is 0 Å². The van der Waals surface area contributed by atoms with Gasteiger partial charge in [0.25, 0.3) is 0 Å². The lowest BCUT2D eigenvalue weighted by Gasteiger charge is -2.13. The first-order chi connectivity index (χ1) is 8.66. The van der Waals surface area contributed by atoms with Crippen LogP contribution < -0.4 is 0 Å². The van der Waals surface area contributed by atoms with Crippen LogP contribution in [0.15, 0.2) is 48.5 Å². The summed E-state index contributed by atoms with van der Waals surface area (Å²) >= 11 is 0. The highest BCUT2D eigenvalue weighted by atomic mass is 16.3. The van der Waals surface area contributed by atoms with E-state index in [4.69, 9.17) is 0 Å². The van der Waals surface area contributed by atoms with E-state index in [1.807, 2.05) is 31.2 Å². The van der Waals surface area contributed by atoms with Gasteiger partial charge >= 0.3 is 0 Å². The molecule has 0 radical (unpaired) electrons. The molecule has 1 nitrogen and oxygen atoms in total. The molecule has 0 saturated heterocycles. The molecule has 1 heteroatoms. The average Bonchev–Trinajstić information content (AvgIpc) is 2.37. The molecule has 94 valence electrons. The standard InChI is InChI=1S/C17H20O/c1-13-6-5-8-15(12-13)10-11-17(18)16-9-4-3-7-14(16)2/h3-9,12,17-18H,10-11H2,1-2H3. The molecule has 0 spiro atoms. The van der Waals surface area contributed by atoms with Gasteiger partial charge in [0.15, 0.2) is 0 Å². The summed E-state index contributed by atoms with van der Waals surface area (Å²) in [5.74, 6) is 0. The number of rotatable bonds is 4. The number of hydrogen-bond donors (Lipinski definition) is 1. The minimum absolute atomic E-state index is 0.369. The van der Waals surface area contributed by atoms with E-state index >= 15 is 0 Å². The molecule has 2 aromatic rings. The van der Waals surface area contributed by atoms with Crippen molar-refractivity contribution < 1.29 is 5.11 Å². The van der Waals surface area contributed by atoms with Gasteiger partial charge in [0.05, 0.1) is 6.10 Å². The van der Waals surface area contributed by atoms with Gasteiger partial charge in [-0.05, 0) is 43.4 Å². The van der Waals surface area contributed by atoms with Gasteiger partial charge in [-0.3, -0.25) is 0 Å². The molecule has 0 aromatic heterocycles. The molecule has 0 aliphatic heterocycles. The van der Waals surface area contributed by atoms with Crippen molar-refractivity contribution in [2.45, 2.75) is 32.8 Å². The maximum Gasteiger partial charge on any atom is 0.0795 e. The highest BCUT2D eigenvalue weighted by Gasteiger charge is 2.09. The van der Waals surface area contributed by atoms with Crippen molar-refractivity contribution >= 4 is 0 Å². The molecular formula is C17H20O. The molecule has 1 unspecified atom stereocenters. The van der Waals surface area contributed by atoms with E-state index in [0.717, 1.165) is 24.0 Å². The number of aryl methyl sites for hydroxylation is 3. The lowest BCUT2D eigenvalue weighted by molar-refractivity contribution is 0.167. The van der Waals surface area contributed by atoms with Crippen LogP contribution in [0.1, 0.15) is 34.8 Å². The minimum atomic E-state index is -0.369. The molecule has 0 fully saturated rings. The van der Waals surface area contributed by atoms with Gasteiger partial charge in [0, 0.05) is 0 Å². The molecule has 0 aliphatic rings. The number of benzene rings is 2. The summed E-state index contributed by atoms with van der Waals surface area (Å²) in [5, 5.41) is 10.2. The Kier molecular flexibility index (Phi) is 4.16. The largest absolute Gasteiger partial charge is 0.388 e. The summed E-state index contributed by atoms with van der Waals surface area (Å²) in [5.41, 5.74) is 4.78. The van der Waals surface area contributed by atoms with Crippen LogP contribution in [0.4, 0.5) is 0 Å². The average molecular weight is 240 g/mol. The first-order valence-corrected chi connectivity index (χ1v) is 6.46. The summed E-state index contributed by atoms with van der Waals surface area (Å²) in [6.45, 7) is 4.15. The SMILES string of the molecule is Cc1cccc(CCC(O)c2ccccc2C)c1. The molecular weight excluding hydrogens is 220 g/mol. The fraction of sp³-hybridized carbons (Fsp3) is 0.294. The zero-order valence-corrected chi connectivity index (χ0v) is 11.1. The van der Waals surface area contributed by atoms with Crippen molar-refractivity contribution in [1.29, 1.82) is 0 Å². The molecule has 18 heavy (non-hydrogen) atoms. The highest BCUT2D eigenvalue weighted by Crippen LogP contribution is 2.22. The van der Waals surface area contributed by atoms with E-state index in [2.05, 4.69) is 31.2 Å². The Morgan fingerprint density at radius 2 is 1.78 bits per heavy atom. The van der Waals surface area contributed by atoms with Gasteiger partial charge in [-0.15, -0.1) is 0 Å². The lowest BCUT2D eigenvalue weighted by atomic mass is 9.97. The molecule has 2 aromatic carbocycles. The number of aliphatic hydroxyl groups is 1. The third kappa shape index (κ3) is 3.21. The first kappa shape index (κ1) is 12.8. The van der Waals surface area contributed by atoms with Crippen molar-refractivity contribution in [3.63, 3.8) is 0 Å². The van der Waals surface area contributed by atoms with Crippen LogP contribution >= 0.6 is 0 Å². The third-order valence-corrected chi connectivity index (χ3v) is 3.34. The topological polar surface area (TPSA) is 20.2 Å². The van der Waals surface area contributed by atoms with Crippen LogP contribution in [0.25, 0.3) is 0 Å². The molecule has 0 amide bonds. The molecule has 1 N–H and O–H groups in total. The zero-order chi connectivity index (χ0) is 13.0. The summed E-state index contributed by atoms with van der Waals surface area (Å²) < 4.78 is 0. The molecule has 1 atom stereocenters. The molecule has 2 rings (SSSR count). The smallest absolute Gasteiger partial charge is 0.0795 e. The molecule has 0 bridgehead atoms.